The minimum absolute atomic E-state index is 0.0413. The third-order valence-corrected chi connectivity index (χ3v) is 7.47. The van der Waals surface area contributed by atoms with E-state index in [1.54, 1.807) is 0 Å². The van der Waals surface area contributed by atoms with Crippen LogP contribution in [0.4, 0.5) is 0 Å². The zero-order chi connectivity index (χ0) is 14.4. The Bertz CT molecular complexity index is 424. The highest BCUT2D eigenvalue weighted by molar-refractivity contribution is 7.89. The van der Waals surface area contributed by atoms with Gasteiger partial charge in [-0.25, -0.2) is 13.1 Å². The van der Waals surface area contributed by atoms with Crippen LogP contribution in [0.15, 0.2) is 0 Å². The fraction of sp³-hybridized carbons (Fsp3) is 1.00. The van der Waals surface area contributed by atoms with Crippen molar-refractivity contribution in [3.63, 3.8) is 0 Å². The van der Waals surface area contributed by atoms with Crippen LogP contribution in [0.3, 0.4) is 0 Å². The second kappa shape index (κ2) is 5.25. The highest BCUT2D eigenvalue weighted by Crippen LogP contribution is 2.61. The molecular weight excluding hydrogens is 274 g/mol. The molecule has 0 radical (unpaired) electrons. The molecule has 2 N–H and O–H groups in total. The third-order valence-electron chi connectivity index (χ3n) is 5.93. The van der Waals surface area contributed by atoms with E-state index in [0.29, 0.717) is 6.42 Å². The first-order chi connectivity index (χ1) is 9.42. The number of aliphatic hydroxyl groups is 1. The molecule has 4 bridgehead atoms. The maximum Gasteiger partial charge on any atom is 0.211 e. The number of aliphatic hydroxyl groups excluding tert-OH is 1. The molecule has 0 aromatic rings. The van der Waals surface area contributed by atoms with Crippen LogP contribution in [0.25, 0.3) is 0 Å². The minimum atomic E-state index is -3.25. The van der Waals surface area contributed by atoms with Crippen molar-refractivity contribution in [3.05, 3.63) is 0 Å². The number of rotatable bonds is 6. The van der Waals surface area contributed by atoms with Gasteiger partial charge >= 0.3 is 0 Å². The van der Waals surface area contributed by atoms with Crippen molar-refractivity contribution in [2.45, 2.75) is 57.9 Å². The second-order valence-corrected chi connectivity index (χ2v) is 9.39. The van der Waals surface area contributed by atoms with Gasteiger partial charge in [0, 0.05) is 12.6 Å². The lowest BCUT2D eigenvalue weighted by atomic mass is 9.48. The first-order valence-corrected chi connectivity index (χ1v) is 9.68. The fourth-order valence-corrected chi connectivity index (χ4v) is 6.83. The molecule has 0 aromatic carbocycles. The van der Waals surface area contributed by atoms with Crippen LogP contribution in [0.2, 0.25) is 0 Å². The van der Waals surface area contributed by atoms with Gasteiger partial charge in [-0.3, -0.25) is 0 Å². The van der Waals surface area contributed by atoms with E-state index >= 15 is 0 Å². The van der Waals surface area contributed by atoms with Crippen LogP contribution < -0.4 is 4.72 Å². The topological polar surface area (TPSA) is 66.4 Å². The van der Waals surface area contributed by atoms with Gasteiger partial charge in [0.15, 0.2) is 0 Å². The lowest BCUT2D eigenvalue weighted by Crippen LogP contribution is -2.56. The molecule has 4 aliphatic rings. The summed E-state index contributed by atoms with van der Waals surface area (Å²) < 4.78 is 27.1. The predicted molar refractivity (Wildman–Crippen MR) is 78.7 cm³/mol. The normalized spacial score (nSPS) is 41.0. The SMILES string of the molecule is CC(NS(=O)(=O)CCCO)C12CC3CC(CC(C3)C1)C2. The lowest BCUT2D eigenvalue weighted by molar-refractivity contribution is -0.0666. The number of hydrogen-bond acceptors (Lipinski definition) is 3. The highest BCUT2D eigenvalue weighted by atomic mass is 32.2. The molecule has 4 saturated carbocycles. The molecule has 4 aliphatic carbocycles. The Morgan fingerprint density at radius 2 is 1.65 bits per heavy atom. The van der Waals surface area contributed by atoms with E-state index in [9.17, 15) is 8.42 Å². The lowest BCUT2D eigenvalue weighted by Gasteiger charge is -2.59. The second-order valence-electron chi connectivity index (χ2n) is 7.52. The largest absolute Gasteiger partial charge is 0.396 e. The average molecular weight is 301 g/mol. The van der Waals surface area contributed by atoms with Crippen LogP contribution >= 0.6 is 0 Å². The number of hydrogen-bond donors (Lipinski definition) is 2. The molecule has 5 heteroatoms. The van der Waals surface area contributed by atoms with Gasteiger partial charge in [-0.05, 0) is 75.0 Å². The van der Waals surface area contributed by atoms with Crippen LogP contribution in [0.1, 0.15) is 51.9 Å². The Balaban J connectivity index is 1.69. The highest BCUT2D eigenvalue weighted by Gasteiger charge is 2.53. The molecule has 4 fully saturated rings. The Labute approximate surface area is 122 Å². The molecule has 0 amide bonds. The van der Waals surface area contributed by atoms with Crippen molar-refractivity contribution >= 4 is 10.0 Å². The van der Waals surface area contributed by atoms with E-state index in [4.69, 9.17) is 5.11 Å². The van der Waals surface area contributed by atoms with Gasteiger partial charge in [-0.2, -0.15) is 0 Å². The Morgan fingerprint density at radius 1 is 1.15 bits per heavy atom. The summed E-state index contributed by atoms with van der Waals surface area (Å²) in [6.45, 7) is 2.00. The van der Waals surface area contributed by atoms with Gasteiger partial charge in [-0.15, -0.1) is 0 Å². The Morgan fingerprint density at radius 3 is 2.10 bits per heavy atom. The average Bonchev–Trinajstić information content (AvgIpc) is 2.34. The predicted octanol–water partition coefficient (Wildman–Crippen LogP) is 1.89. The summed E-state index contributed by atoms with van der Waals surface area (Å²) in [7, 11) is -3.25. The molecule has 1 atom stereocenters. The summed E-state index contributed by atoms with van der Waals surface area (Å²) in [5, 5.41) is 8.80. The molecule has 0 aromatic heterocycles. The van der Waals surface area contributed by atoms with Gasteiger partial charge < -0.3 is 5.11 Å². The molecule has 4 nitrogen and oxygen atoms in total. The van der Waals surface area contributed by atoms with Crippen LogP contribution in [0, 0.1) is 23.2 Å². The van der Waals surface area contributed by atoms with Gasteiger partial charge in [0.2, 0.25) is 10.0 Å². The van der Waals surface area contributed by atoms with E-state index < -0.39 is 10.0 Å². The third kappa shape index (κ3) is 2.77. The number of sulfonamides is 1. The fourth-order valence-electron chi connectivity index (χ4n) is 5.42. The van der Waals surface area contributed by atoms with E-state index in [2.05, 4.69) is 11.6 Å². The molecule has 20 heavy (non-hydrogen) atoms. The molecule has 0 heterocycles. The molecule has 4 rings (SSSR count). The van der Waals surface area contributed by atoms with Crippen molar-refractivity contribution in [1.29, 1.82) is 0 Å². The zero-order valence-electron chi connectivity index (χ0n) is 12.3. The van der Waals surface area contributed by atoms with Gasteiger partial charge in [0.05, 0.1) is 5.75 Å². The quantitative estimate of drug-likeness (QED) is 0.787. The van der Waals surface area contributed by atoms with Crippen LogP contribution in [-0.2, 0) is 10.0 Å². The van der Waals surface area contributed by atoms with Crippen molar-refractivity contribution in [2.75, 3.05) is 12.4 Å². The maximum absolute atomic E-state index is 12.1. The van der Waals surface area contributed by atoms with E-state index in [1.807, 2.05) is 0 Å². The first-order valence-electron chi connectivity index (χ1n) is 8.03. The van der Waals surface area contributed by atoms with Crippen molar-refractivity contribution in [2.24, 2.45) is 23.2 Å². The van der Waals surface area contributed by atoms with Crippen molar-refractivity contribution in [3.8, 4) is 0 Å². The Hall–Kier alpha value is -0.130. The molecule has 0 saturated heterocycles. The Kier molecular flexibility index (Phi) is 3.89. The molecular formula is C15H27NO3S. The van der Waals surface area contributed by atoms with E-state index in [0.717, 1.165) is 17.8 Å². The first kappa shape index (κ1) is 14.8. The van der Waals surface area contributed by atoms with Gasteiger partial charge in [-0.1, -0.05) is 0 Å². The zero-order valence-corrected chi connectivity index (χ0v) is 13.2. The summed E-state index contributed by atoms with van der Waals surface area (Å²) >= 11 is 0. The summed E-state index contributed by atoms with van der Waals surface area (Å²) in [4.78, 5) is 0. The summed E-state index contributed by atoms with van der Waals surface area (Å²) in [6.07, 6.45) is 8.09. The summed E-state index contributed by atoms with van der Waals surface area (Å²) in [5.74, 6) is 2.56. The van der Waals surface area contributed by atoms with E-state index in [1.165, 1.54) is 38.5 Å². The van der Waals surface area contributed by atoms with E-state index in [-0.39, 0.29) is 23.8 Å². The molecule has 1 unspecified atom stereocenters. The maximum atomic E-state index is 12.1. The van der Waals surface area contributed by atoms with Crippen molar-refractivity contribution < 1.29 is 13.5 Å². The van der Waals surface area contributed by atoms with Crippen molar-refractivity contribution in [1.82, 2.24) is 4.72 Å². The number of nitrogens with one attached hydrogen (secondary N) is 1. The van der Waals surface area contributed by atoms with Gasteiger partial charge in [0.25, 0.3) is 0 Å². The molecule has 116 valence electrons. The standard InChI is InChI=1S/C15H27NO3S/c1-11(16-20(18,19)4-2-3-17)15-8-12-5-13(9-15)7-14(6-12)10-15/h11-14,16-17H,2-10H2,1H3. The summed E-state index contributed by atoms with van der Waals surface area (Å²) in [6, 6.07) is 0.0413. The van der Waals surface area contributed by atoms with Gasteiger partial charge in [0.1, 0.15) is 0 Å². The molecule has 0 spiro atoms. The molecule has 0 aliphatic heterocycles. The minimum Gasteiger partial charge on any atom is -0.396 e. The van der Waals surface area contributed by atoms with Crippen LogP contribution in [-0.4, -0.2) is 31.9 Å². The summed E-state index contributed by atoms with van der Waals surface area (Å²) in [5.41, 5.74) is 0.209. The monoisotopic (exact) mass is 301 g/mol. The smallest absolute Gasteiger partial charge is 0.211 e. The van der Waals surface area contributed by atoms with Crippen LogP contribution in [0.5, 0.6) is 0 Å².